The Morgan fingerprint density at radius 2 is 1.90 bits per heavy atom. The Labute approximate surface area is 175 Å². The lowest BCUT2D eigenvalue weighted by Crippen LogP contribution is -2.45. The van der Waals surface area contributed by atoms with E-state index in [4.69, 9.17) is 19.3 Å². The van der Waals surface area contributed by atoms with E-state index in [0.29, 0.717) is 10.4 Å². The highest BCUT2D eigenvalue weighted by Crippen LogP contribution is 2.39. The average molecular weight is 452 g/mol. The Morgan fingerprint density at radius 1 is 1.23 bits per heavy atom. The molecule has 1 fully saturated rings. The van der Waals surface area contributed by atoms with Gasteiger partial charge in [-0.05, 0) is 18.2 Å². The van der Waals surface area contributed by atoms with Gasteiger partial charge in [0.15, 0.2) is 0 Å². The zero-order chi connectivity index (χ0) is 22.8. The van der Waals surface area contributed by atoms with Crippen molar-refractivity contribution in [3.63, 3.8) is 0 Å². The lowest BCUT2D eigenvalue weighted by Gasteiger charge is -2.21. The monoisotopic (exact) mass is 452 g/mol. The molecule has 0 amide bonds. The second kappa shape index (κ2) is 9.23. The maximum absolute atomic E-state index is 13.0. The molecule has 166 valence electrons. The van der Waals surface area contributed by atoms with Gasteiger partial charge in [-0.2, -0.15) is 4.57 Å². The smallest absolute Gasteiger partial charge is 0.348 e. The summed E-state index contributed by atoms with van der Waals surface area (Å²) in [7, 11) is -3.14. The number of aromatic nitrogens is 2. The second-order valence-corrected chi connectivity index (χ2v) is 8.36. The highest BCUT2D eigenvalue weighted by molar-refractivity contribution is 7.55. The summed E-state index contributed by atoms with van der Waals surface area (Å²) in [5, 5.41) is 10.6. The highest BCUT2D eigenvalue weighted by atomic mass is 31.2. The van der Waals surface area contributed by atoms with Crippen LogP contribution in [0.15, 0.2) is 64.1 Å². The van der Waals surface area contributed by atoms with Crippen molar-refractivity contribution in [2.24, 2.45) is 5.92 Å². The summed E-state index contributed by atoms with van der Waals surface area (Å²) in [6.07, 6.45) is -1.46. The predicted octanol–water partition coefficient (Wildman–Crippen LogP) is -0.0892. The predicted molar refractivity (Wildman–Crippen MR) is 108 cm³/mol. The molecule has 0 unspecified atom stereocenters. The summed E-state index contributed by atoms with van der Waals surface area (Å²) in [5.74, 6) is -1.06. The van der Waals surface area contributed by atoms with Crippen LogP contribution in [-0.4, -0.2) is 55.9 Å². The van der Waals surface area contributed by atoms with Crippen LogP contribution in [-0.2, 0) is 14.0 Å². The second-order valence-electron chi connectivity index (χ2n) is 6.88. The third-order valence-electron chi connectivity index (χ3n) is 4.78. The number of carbonyl (C=O) groups excluding carboxylic acids is 1. The number of methoxy groups -OCH3 is 1. The first-order valence-electron chi connectivity index (χ1n) is 9.15. The number of nitrogens with zero attached hydrogens (tertiary/aromatic N) is 2. The summed E-state index contributed by atoms with van der Waals surface area (Å²) in [6, 6.07) is 8.78. The third kappa shape index (κ3) is 4.99. The Morgan fingerprint density at radius 3 is 2.52 bits per heavy atom. The first kappa shape index (κ1) is 23.0. The van der Waals surface area contributed by atoms with Crippen LogP contribution in [0.3, 0.4) is 0 Å². The van der Waals surface area contributed by atoms with Crippen molar-refractivity contribution >= 4 is 13.5 Å². The number of hydrogen-bond donors (Lipinski definition) is 3. The fraction of sp³-hybridized carbons (Fsp3) is 0.316. The largest absolute Gasteiger partial charge is 0.390 e. The van der Waals surface area contributed by atoms with Gasteiger partial charge in [-0.15, -0.1) is 0 Å². The van der Waals surface area contributed by atoms with Crippen LogP contribution in [0.25, 0.3) is 0 Å². The van der Waals surface area contributed by atoms with E-state index in [-0.39, 0.29) is 12.2 Å². The Balaban J connectivity index is 2.04. The van der Waals surface area contributed by atoms with E-state index < -0.39 is 49.1 Å². The number of hydrogen-bond acceptors (Lipinski definition) is 7. The molecule has 1 aliphatic rings. The molecule has 1 aromatic carbocycles. The zero-order valence-electron chi connectivity index (χ0n) is 16.3. The van der Waals surface area contributed by atoms with E-state index in [1.54, 1.807) is 18.2 Å². The summed E-state index contributed by atoms with van der Waals surface area (Å²) in [4.78, 5) is 56.1. The third-order valence-corrected chi connectivity index (χ3v) is 5.34. The van der Waals surface area contributed by atoms with E-state index in [2.05, 4.69) is 0 Å². The lowest BCUT2D eigenvalue weighted by molar-refractivity contribution is -0.0136. The summed E-state index contributed by atoms with van der Waals surface area (Å²) >= 11 is 0. The topological polar surface area (TPSA) is 157 Å². The van der Waals surface area contributed by atoms with E-state index in [1.165, 1.54) is 19.2 Å². The van der Waals surface area contributed by atoms with Gasteiger partial charge in [-0.3, -0.25) is 18.7 Å². The lowest BCUT2D eigenvalue weighted by atomic mass is 10.0. The number of aliphatic hydroxyl groups excluding tert-OH is 1. The van der Waals surface area contributed by atoms with E-state index in [1.807, 2.05) is 0 Å². The summed E-state index contributed by atoms with van der Waals surface area (Å²) in [6.45, 7) is -0.0652. The van der Waals surface area contributed by atoms with Crippen LogP contribution in [0.2, 0.25) is 0 Å². The van der Waals surface area contributed by atoms with Crippen molar-refractivity contribution in [2.45, 2.75) is 18.4 Å². The van der Waals surface area contributed by atoms with Gasteiger partial charge in [-0.1, -0.05) is 18.2 Å². The van der Waals surface area contributed by atoms with Gasteiger partial charge in [0, 0.05) is 30.8 Å². The van der Waals surface area contributed by atoms with Crippen LogP contribution < -0.4 is 11.2 Å². The molecule has 0 saturated carbocycles. The van der Waals surface area contributed by atoms with Crippen molar-refractivity contribution < 1.29 is 33.7 Å². The molecule has 0 bridgehead atoms. The number of carbonyl (C=O) groups is 1. The van der Waals surface area contributed by atoms with Crippen molar-refractivity contribution in [1.82, 2.24) is 9.13 Å². The quantitative estimate of drug-likeness (QED) is 0.510. The first-order chi connectivity index (χ1) is 14.6. The Bertz CT molecular complexity index is 1140. The minimum atomic E-state index is -4.50. The Kier molecular flexibility index (Phi) is 6.85. The molecule has 1 saturated heterocycles. The van der Waals surface area contributed by atoms with Crippen molar-refractivity contribution in [3.8, 4) is 0 Å². The molecule has 12 heteroatoms. The normalized spacial score (nSPS) is 24.0. The molecule has 2 aromatic rings. The Hall–Kier alpha value is -2.66. The molecule has 11 nitrogen and oxygen atoms in total. The number of rotatable bonds is 6. The van der Waals surface area contributed by atoms with Crippen LogP contribution in [0.1, 0.15) is 16.6 Å². The number of benzene rings is 1. The van der Waals surface area contributed by atoms with Gasteiger partial charge in [0.05, 0.1) is 18.6 Å². The van der Waals surface area contributed by atoms with Gasteiger partial charge in [0.25, 0.3) is 11.5 Å². The fourth-order valence-corrected chi connectivity index (χ4v) is 3.73. The molecule has 4 atom stereocenters. The maximum Gasteiger partial charge on any atom is 0.348 e. The molecule has 3 N–H and O–H groups in total. The average Bonchev–Trinajstić information content (AvgIpc) is 3.02. The van der Waals surface area contributed by atoms with Gasteiger partial charge in [-0.25, -0.2) is 4.79 Å². The van der Waals surface area contributed by atoms with E-state index in [9.17, 15) is 24.1 Å². The summed E-state index contributed by atoms with van der Waals surface area (Å²) < 4.78 is 23.3. The van der Waals surface area contributed by atoms with Gasteiger partial charge in [0.2, 0.25) is 0 Å². The molecule has 1 aromatic heterocycles. The van der Waals surface area contributed by atoms with Crippen LogP contribution in [0.4, 0.5) is 0 Å². The fourth-order valence-electron chi connectivity index (χ4n) is 3.34. The SMILES string of the molecule is COC[C@@H]1[C@H](O)[C@@H](/C=C/P(=O)(O)O)O[C@H]1n1ccc(=O)n(C(=O)c2ccccc2)c1=O. The minimum Gasteiger partial charge on any atom is -0.390 e. The molecule has 31 heavy (non-hydrogen) atoms. The minimum absolute atomic E-state index is 0.0652. The molecular weight excluding hydrogens is 431 g/mol. The van der Waals surface area contributed by atoms with E-state index >= 15 is 0 Å². The van der Waals surface area contributed by atoms with Gasteiger partial charge >= 0.3 is 13.3 Å². The molecule has 2 heterocycles. The number of ether oxygens (including phenoxy) is 2. The highest BCUT2D eigenvalue weighted by Gasteiger charge is 2.44. The zero-order valence-corrected chi connectivity index (χ0v) is 17.2. The maximum atomic E-state index is 13.0. The summed E-state index contributed by atoms with van der Waals surface area (Å²) in [5.41, 5.74) is -1.70. The van der Waals surface area contributed by atoms with Crippen molar-refractivity contribution in [1.29, 1.82) is 0 Å². The molecule has 0 spiro atoms. The number of aliphatic hydroxyl groups is 1. The first-order valence-corrected chi connectivity index (χ1v) is 10.8. The molecule has 0 aliphatic carbocycles. The molecule has 0 radical (unpaired) electrons. The van der Waals surface area contributed by atoms with Gasteiger partial charge < -0.3 is 24.4 Å². The van der Waals surface area contributed by atoms with Crippen molar-refractivity contribution in [2.75, 3.05) is 13.7 Å². The molecule has 1 aliphatic heterocycles. The van der Waals surface area contributed by atoms with Crippen LogP contribution >= 0.6 is 7.60 Å². The standard InChI is InChI=1S/C19H21N2O9P/c1-29-11-13-16(23)14(8-10-31(26,27)28)30-18(13)20-9-7-15(22)21(19(20)25)17(24)12-5-3-2-4-6-12/h2-10,13-14,16,18,23H,11H2,1H3,(H2,26,27,28)/b10-8+/t13-,14-,16+,18-/m1/s1. The van der Waals surface area contributed by atoms with Gasteiger partial charge in [0.1, 0.15) is 12.3 Å². The van der Waals surface area contributed by atoms with E-state index in [0.717, 1.165) is 22.9 Å². The van der Waals surface area contributed by atoms with Crippen LogP contribution in [0.5, 0.6) is 0 Å². The van der Waals surface area contributed by atoms with Crippen LogP contribution in [0, 0.1) is 5.92 Å². The van der Waals surface area contributed by atoms with Crippen molar-refractivity contribution in [3.05, 3.63) is 80.9 Å². The molecule has 3 rings (SSSR count). The molecular formula is C19H21N2O9P.